The summed E-state index contributed by atoms with van der Waals surface area (Å²) in [6, 6.07) is 20.4. The van der Waals surface area contributed by atoms with Gasteiger partial charge in [-0.05, 0) is 92.8 Å². The summed E-state index contributed by atoms with van der Waals surface area (Å²) in [5.74, 6) is -1.45. The molecule has 0 bridgehead atoms. The molecule has 1 amide bonds. The lowest BCUT2D eigenvalue weighted by Gasteiger charge is -2.14. The average molecular weight is 628 g/mol. The highest BCUT2D eigenvalue weighted by atomic mass is 127. The highest BCUT2D eigenvalue weighted by molar-refractivity contribution is 14.1. The number of nitrogens with one attached hydrogen (secondary N) is 2. The fourth-order valence-corrected chi connectivity index (χ4v) is 4.81. The van der Waals surface area contributed by atoms with E-state index in [1.807, 2.05) is 71.1 Å². The molecule has 0 aliphatic rings. The first-order chi connectivity index (χ1) is 13.8. The maximum Gasteiger partial charge on any atom is 0.337 e. The smallest absolute Gasteiger partial charge is 0.337 e. The number of hydrogen-bond donors (Lipinski definition) is 3. The number of hydrogen-bond acceptors (Lipinski definition) is 3. The number of aromatic carboxylic acids is 1. The summed E-state index contributed by atoms with van der Waals surface area (Å²) >= 11 is 9.29. The van der Waals surface area contributed by atoms with Crippen molar-refractivity contribution in [3.8, 4) is 11.1 Å². The fraction of sp³-hybridized carbons (Fsp3) is 0. The van der Waals surface area contributed by atoms with Gasteiger partial charge >= 0.3 is 5.97 Å². The first kappa shape index (κ1) is 21.7. The van der Waals surface area contributed by atoms with Gasteiger partial charge in [-0.15, -0.1) is 0 Å². The van der Waals surface area contributed by atoms with Crippen molar-refractivity contribution in [3.05, 3.63) is 85.0 Å². The second kappa shape index (κ2) is 9.63. The number of thiocarbonyl (C=S) groups is 1. The van der Waals surface area contributed by atoms with Gasteiger partial charge in [0.1, 0.15) is 0 Å². The number of benzene rings is 3. The van der Waals surface area contributed by atoms with E-state index in [0.717, 1.165) is 14.7 Å². The fourth-order valence-electron chi connectivity index (χ4n) is 2.63. The number of carboxylic acids is 1. The van der Waals surface area contributed by atoms with Gasteiger partial charge in [0.05, 0.1) is 11.3 Å². The molecule has 29 heavy (non-hydrogen) atoms. The monoisotopic (exact) mass is 628 g/mol. The van der Waals surface area contributed by atoms with Gasteiger partial charge in [0.15, 0.2) is 5.11 Å². The molecular weight excluding hydrogens is 614 g/mol. The molecule has 0 spiro atoms. The largest absolute Gasteiger partial charge is 0.478 e. The third-order valence-corrected chi connectivity index (χ3v) is 5.68. The Morgan fingerprint density at radius 1 is 0.897 bits per heavy atom. The van der Waals surface area contributed by atoms with E-state index in [-0.39, 0.29) is 16.6 Å². The molecule has 3 aromatic carbocycles. The quantitative estimate of drug-likeness (QED) is 0.267. The van der Waals surface area contributed by atoms with Gasteiger partial charge in [0.25, 0.3) is 5.91 Å². The van der Waals surface area contributed by atoms with E-state index < -0.39 is 5.97 Å². The highest BCUT2D eigenvalue weighted by Gasteiger charge is 2.17. The molecule has 3 N–H and O–H groups in total. The lowest BCUT2D eigenvalue weighted by Crippen LogP contribution is -2.34. The third kappa shape index (κ3) is 5.52. The Kier molecular flexibility index (Phi) is 7.19. The molecule has 0 saturated heterocycles. The molecule has 0 saturated carbocycles. The molecule has 0 aromatic heterocycles. The van der Waals surface area contributed by atoms with Crippen molar-refractivity contribution in [2.75, 3.05) is 5.32 Å². The van der Waals surface area contributed by atoms with E-state index in [0.29, 0.717) is 14.8 Å². The molecule has 0 atom stereocenters. The van der Waals surface area contributed by atoms with Crippen LogP contribution >= 0.6 is 57.4 Å². The number of anilines is 1. The molecule has 0 aliphatic carbocycles. The van der Waals surface area contributed by atoms with Gasteiger partial charge in [-0.25, -0.2) is 4.79 Å². The minimum atomic E-state index is -1.07. The van der Waals surface area contributed by atoms with E-state index in [1.54, 1.807) is 18.2 Å². The Hall–Kier alpha value is -2.05. The standard InChI is InChI=1S/C21H14I2N2O3S/c22-15-10-16(20(27)28)18(17(23)11-15)24-21(29)25-19(26)14-8-6-13(7-9-14)12-4-2-1-3-5-12/h1-11H,(H,27,28)(H2,24,25,26,29). The number of amides is 1. The molecule has 146 valence electrons. The van der Waals surface area contributed by atoms with Crippen LogP contribution in [-0.2, 0) is 0 Å². The second-order valence-corrected chi connectivity index (χ2v) is 8.78. The summed E-state index contributed by atoms with van der Waals surface area (Å²) in [5, 5.41) is 14.9. The lowest BCUT2D eigenvalue weighted by atomic mass is 10.0. The Morgan fingerprint density at radius 3 is 2.14 bits per heavy atom. The van der Waals surface area contributed by atoms with Crippen molar-refractivity contribution >= 4 is 80.1 Å². The zero-order valence-electron chi connectivity index (χ0n) is 14.8. The number of rotatable bonds is 4. The summed E-state index contributed by atoms with van der Waals surface area (Å²) < 4.78 is 1.49. The molecule has 3 aromatic rings. The minimum absolute atomic E-state index is 0.0313. The summed E-state index contributed by atoms with van der Waals surface area (Å²) in [5.41, 5.74) is 2.95. The summed E-state index contributed by atoms with van der Waals surface area (Å²) in [4.78, 5) is 24.0. The highest BCUT2D eigenvalue weighted by Crippen LogP contribution is 2.26. The van der Waals surface area contributed by atoms with Crippen LogP contribution in [0.5, 0.6) is 0 Å². The van der Waals surface area contributed by atoms with Crippen molar-refractivity contribution in [2.45, 2.75) is 0 Å². The van der Waals surface area contributed by atoms with Crippen molar-refractivity contribution < 1.29 is 14.7 Å². The van der Waals surface area contributed by atoms with E-state index in [9.17, 15) is 14.7 Å². The van der Waals surface area contributed by atoms with Gasteiger partial charge in [-0.2, -0.15) is 0 Å². The van der Waals surface area contributed by atoms with Crippen LogP contribution in [0.15, 0.2) is 66.7 Å². The van der Waals surface area contributed by atoms with Gasteiger partial charge in [0.2, 0.25) is 0 Å². The zero-order valence-corrected chi connectivity index (χ0v) is 19.9. The van der Waals surface area contributed by atoms with Gasteiger partial charge in [-0.1, -0.05) is 42.5 Å². The van der Waals surface area contributed by atoms with Crippen LogP contribution in [0.3, 0.4) is 0 Å². The number of halogens is 2. The molecule has 0 unspecified atom stereocenters. The molecule has 8 heteroatoms. The summed E-state index contributed by atoms with van der Waals surface area (Å²) in [6.45, 7) is 0. The molecular formula is C21H14I2N2O3S. The first-order valence-corrected chi connectivity index (χ1v) is 10.9. The Bertz CT molecular complexity index is 1090. The van der Waals surface area contributed by atoms with Crippen LogP contribution in [0.2, 0.25) is 0 Å². The molecule has 0 heterocycles. The number of carboxylic acid groups (broad SMARTS) is 1. The summed E-state index contributed by atoms with van der Waals surface area (Å²) in [7, 11) is 0. The maximum atomic E-state index is 12.5. The molecule has 5 nitrogen and oxygen atoms in total. The van der Waals surface area contributed by atoms with E-state index in [4.69, 9.17) is 12.2 Å². The SMILES string of the molecule is O=C(NC(=S)Nc1c(I)cc(I)cc1C(=O)O)c1ccc(-c2ccccc2)cc1. The molecule has 0 aliphatic heterocycles. The topological polar surface area (TPSA) is 78.4 Å². The first-order valence-electron chi connectivity index (χ1n) is 8.35. The number of carbonyl (C=O) groups is 2. The Labute approximate surface area is 200 Å². The Balaban J connectivity index is 1.72. The number of carbonyl (C=O) groups excluding carboxylic acids is 1. The van der Waals surface area contributed by atoms with E-state index >= 15 is 0 Å². The van der Waals surface area contributed by atoms with Gasteiger partial charge in [-0.3, -0.25) is 10.1 Å². The Morgan fingerprint density at radius 2 is 1.52 bits per heavy atom. The van der Waals surface area contributed by atoms with Crippen LogP contribution < -0.4 is 10.6 Å². The van der Waals surface area contributed by atoms with E-state index in [2.05, 4.69) is 33.2 Å². The predicted molar refractivity (Wildman–Crippen MR) is 134 cm³/mol. The van der Waals surface area contributed by atoms with Crippen LogP contribution in [-0.4, -0.2) is 22.1 Å². The van der Waals surface area contributed by atoms with Crippen molar-refractivity contribution in [1.29, 1.82) is 0 Å². The van der Waals surface area contributed by atoms with Gasteiger partial charge < -0.3 is 10.4 Å². The van der Waals surface area contributed by atoms with Crippen molar-refractivity contribution in [3.63, 3.8) is 0 Å². The van der Waals surface area contributed by atoms with Crippen LogP contribution in [0.25, 0.3) is 11.1 Å². The van der Waals surface area contributed by atoms with Crippen LogP contribution in [0, 0.1) is 7.14 Å². The molecule has 0 radical (unpaired) electrons. The molecule has 3 rings (SSSR count). The normalized spacial score (nSPS) is 10.3. The van der Waals surface area contributed by atoms with Crippen molar-refractivity contribution in [2.24, 2.45) is 0 Å². The predicted octanol–water partition coefficient (Wildman–Crippen LogP) is 5.39. The lowest BCUT2D eigenvalue weighted by molar-refractivity contribution is 0.0697. The zero-order chi connectivity index (χ0) is 21.0. The van der Waals surface area contributed by atoms with E-state index in [1.165, 1.54) is 0 Å². The average Bonchev–Trinajstić information content (AvgIpc) is 2.70. The third-order valence-electron chi connectivity index (χ3n) is 4.01. The van der Waals surface area contributed by atoms with Crippen LogP contribution in [0.4, 0.5) is 5.69 Å². The second-order valence-electron chi connectivity index (χ2n) is 5.97. The summed E-state index contributed by atoms with van der Waals surface area (Å²) in [6.07, 6.45) is 0. The maximum absolute atomic E-state index is 12.5. The van der Waals surface area contributed by atoms with Gasteiger partial charge in [0, 0.05) is 12.7 Å². The minimum Gasteiger partial charge on any atom is -0.478 e. The van der Waals surface area contributed by atoms with Crippen LogP contribution in [0.1, 0.15) is 20.7 Å². The van der Waals surface area contributed by atoms with Crippen molar-refractivity contribution in [1.82, 2.24) is 5.32 Å². The molecule has 0 fully saturated rings.